The maximum Gasteiger partial charge on any atom is 0.276 e. The summed E-state index contributed by atoms with van der Waals surface area (Å²) in [6, 6.07) is 13.3. The van der Waals surface area contributed by atoms with Crippen LogP contribution in [0.3, 0.4) is 0 Å². The molecule has 166 valence electrons. The highest BCUT2D eigenvalue weighted by atomic mass is 35.5. The van der Waals surface area contributed by atoms with Crippen molar-refractivity contribution < 1.29 is 22.7 Å². The van der Waals surface area contributed by atoms with Gasteiger partial charge in [-0.05, 0) is 55.7 Å². The van der Waals surface area contributed by atoms with Crippen LogP contribution in [0.15, 0.2) is 53.4 Å². The maximum atomic E-state index is 12.7. The number of nitrogens with zero attached hydrogens (tertiary/aromatic N) is 1. The minimum atomic E-state index is -3.57. The van der Waals surface area contributed by atoms with Gasteiger partial charge in [-0.25, -0.2) is 8.42 Å². The van der Waals surface area contributed by atoms with Crippen molar-refractivity contribution in [3.63, 3.8) is 0 Å². The lowest BCUT2D eigenvalue weighted by Crippen LogP contribution is -2.49. The lowest BCUT2D eigenvalue weighted by molar-refractivity contribution is -0.132. The number of halogens is 1. The highest BCUT2D eigenvalue weighted by Gasteiger charge is 2.32. The van der Waals surface area contributed by atoms with E-state index in [1.54, 1.807) is 48.5 Å². The average molecular weight is 466 g/mol. The highest BCUT2D eigenvalue weighted by molar-refractivity contribution is 7.89. The summed E-state index contributed by atoms with van der Waals surface area (Å²) in [6.07, 6.45) is 0.739. The fraction of sp³-hybridized carbons (Fsp3) is 0.333. The first kappa shape index (κ1) is 23.1. The van der Waals surface area contributed by atoms with Gasteiger partial charge in [0.25, 0.3) is 5.91 Å². The number of benzene rings is 2. The molecule has 1 saturated heterocycles. The Morgan fingerprint density at radius 2 is 1.77 bits per heavy atom. The number of nitrogens with one attached hydrogen (secondary N) is 2. The SMILES string of the molecule is Cc1cc(OCC(=O)NNC(=O)C2CCN(S(=O)(=O)c3ccccc3)CC2)ccc1Cl. The van der Waals surface area contributed by atoms with Gasteiger partial charge in [0.05, 0.1) is 4.90 Å². The first-order chi connectivity index (χ1) is 14.8. The first-order valence-corrected chi connectivity index (χ1v) is 11.6. The van der Waals surface area contributed by atoms with E-state index in [9.17, 15) is 18.0 Å². The average Bonchev–Trinajstić information content (AvgIpc) is 2.79. The van der Waals surface area contributed by atoms with Crippen molar-refractivity contribution in [2.75, 3.05) is 19.7 Å². The van der Waals surface area contributed by atoms with E-state index in [2.05, 4.69) is 10.9 Å². The van der Waals surface area contributed by atoms with Crippen molar-refractivity contribution >= 4 is 33.4 Å². The van der Waals surface area contributed by atoms with Crippen LogP contribution in [-0.4, -0.2) is 44.2 Å². The highest BCUT2D eigenvalue weighted by Crippen LogP contribution is 2.24. The second-order valence-electron chi connectivity index (χ2n) is 7.23. The second kappa shape index (κ2) is 10.1. The molecule has 0 spiro atoms. The van der Waals surface area contributed by atoms with E-state index in [1.165, 1.54) is 4.31 Å². The monoisotopic (exact) mass is 465 g/mol. The van der Waals surface area contributed by atoms with E-state index in [0.29, 0.717) is 23.6 Å². The number of carbonyl (C=O) groups excluding carboxylic acids is 2. The summed E-state index contributed by atoms with van der Waals surface area (Å²) in [5.41, 5.74) is 5.54. The van der Waals surface area contributed by atoms with Crippen molar-refractivity contribution in [3.05, 3.63) is 59.1 Å². The summed E-state index contributed by atoms with van der Waals surface area (Å²) < 4.78 is 32.1. The number of carbonyl (C=O) groups is 2. The summed E-state index contributed by atoms with van der Waals surface area (Å²) in [5.74, 6) is -0.754. The zero-order valence-electron chi connectivity index (χ0n) is 17.0. The van der Waals surface area contributed by atoms with Crippen LogP contribution >= 0.6 is 11.6 Å². The topological polar surface area (TPSA) is 105 Å². The van der Waals surface area contributed by atoms with Crippen LogP contribution in [0.1, 0.15) is 18.4 Å². The molecule has 2 amide bonds. The zero-order valence-corrected chi connectivity index (χ0v) is 18.6. The van der Waals surface area contributed by atoms with Gasteiger partial charge < -0.3 is 4.74 Å². The van der Waals surface area contributed by atoms with E-state index in [4.69, 9.17) is 16.3 Å². The summed E-state index contributed by atoms with van der Waals surface area (Å²) >= 11 is 5.95. The Balaban J connectivity index is 1.42. The third-order valence-corrected chi connectivity index (χ3v) is 7.37. The Morgan fingerprint density at radius 1 is 1.10 bits per heavy atom. The lowest BCUT2D eigenvalue weighted by atomic mass is 9.98. The minimum absolute atomic E-state index is 0.237. The molecule has 0 bridgehead atoms. The first-order valence-electron chi connectivity index (χ1n) is 9.80. The number of hydrogen-bond donors (Lipinski definition) is 2. The van der Waals surface area contributed by atoms with E-state index in [-0.39, 0.29) is 36.4 Å². The number of rotatable bonds is 6. The summed E-state index contributed by atoms with van der Waals surface area (Å²) in [4.78, 5) is 24.5. The third-order valence-electron chi connectivity index (χ3n) is 5.03. The van der Waals surface area contributed by atoms with E-state index < -0.39 is 15.9 Å². The van der Waals surface area contributed by atoms with Crippen LogP contribution in [0, 0.1) is 12.8 Å². The fourth-order valence-corrected chi connectivity index (χ4v) is 4.83. The summed E-state index contributed by atoms with van der Waals surface area (Å²) in [6.45, 7) is 2.03. The molecule has 2 N–H and O–H groups in total. The van der Waals surface area contributed by atoms with Crippen molar-refractivity contribution in [3.8, 4) is 5.75 Å². The molecule has 0 saturated carbocycles. The zero-order chi connectivity index (χ0) is 22.4. The Kier molecular flexibility index (Phi) is 7.53. The largest absolute Gasteiger partial charge is 0.484 e. The van der Waals surface area contributed by atoms with Gasteiger partial charge in [0, 0.05) is 24.0 Å². The predicted molar refractivity (Wildman–Crippen MR) is 116 cm³/mol. The molecule has 8 nitrogen and oxygen atoms in total. The van der Waals surface area contributed by atoms with Gasteiger partial charge in [-0.15, -0.1) is 0 Å². The minimum Gasteiger partial charge on any atom is -0.484 e. The standard InChI is InChI=1S/C21H24ClN3O5S/c1-15-13-17(7-8-19(15)22)30-14-20(26)23-24-21(27)16-9-11-25(12-10-16)31(28,29)18-5-3-2-4-6-18/h2-8,13,16H,9-12,14H2,1H3,(H,23,26)(H,24,27). The molecule has 0 atom stereocenters. The van der Waals surface area contributed by atoms with Crippen LogP contribution in [-0.2, 0) is 19.6 Å². The van der Waals surface area contributed by atoms with Crippen LogP contribution in [0.4, 0.5) is 0 Å². The molecule has 3 rings (SSSR count). The van der Waals surface area contributed by atoms with Gasteiger partial charge in [-0.1, -0.05) is 29.8 Å². The fourth-order valence-electron chi connectivity index (χ4n) is 3.23. The lowest BCUT2D eigenvalue weighted by Gasteiger charge is -2.30. The van der Waals surface area contributed by atoms with Crippen molar-refractivity contribution in [2.45, 2.75) is 24.7 Å². The van der Waals surface area contributed by atoms with Crippen LogP contribution in [0.5, 0.6) is 5.75 Å². The van der Waals surface area contributed by atoms with Crippen LogP contribution in [0.2, 0.25) is 5.02 Å². The molecule has 10 heteroatoms. The Morgan fingerprint density at radius 3 is 2.42 bits per heavy atom. The van der Waals surface area contributed by atoms with Crippen molar-refractivity contribution in [2.24, 2.45) is 5.92 Å². The van der Waals surface area contributed by atoms with Gasteiger partial charge in [0.2, 0.25) is 15.9 Å². The molecule has 1 heterocycles. The number of hydrogen-bond acceptors (Lipinski definition) is 5. The van der Waals surface area contributed by atoms with Crippen molar-refractivity contribution in [1.82, 2.24) is 15.2 Å². The van der Waals surface area contributed by atoms with Crippen molar-refractivity contribution in [1.29, 1.82) is 0 Å². The Labute approximate surface area is 186 Å². The van der Waals surface area contributed by atoms with Gasteiger partial charge in [0.1, 0.15) is 5.75 Å². The maximum absolute atomic E-state index is 12.7. The molecule has 2 aromatic rings. The molecule has 0 aliphatic carbocycles. The van der Waals surface area contributed by atoms with Crippen LogP contribution in [0.25, 0.3) is 0 Å². The van der Waals surface area contributed by atoms with E-state index in [0.717, 1.165) is 5.56 Å². The van der Waals surface area contributed by atoms with Gasteiger partial charge >= 0.3 is 0 Å². The number of piperidine rings is 1. The number of sulfonamides is 1. The molecular formula is C21H24ClN3O5S. The van der Waals surface area contributed by atoms with Crippen LogP contribution < -0.4 is 15.6 Å². The third kappa shape index (κ3) is 5.96. The number of ether oxygens (including phenoxy) is 1. The molecule has 1 aliphatic heterocycles. The predicted octanol–water partition coefficient (Wildman–Crippen LogP) is 2.28. The molecule has 1 fully saturated rings. The molecule has 0 unspecified atom stereocenters. The van der Waals surface area contributed by atoms with E-state index >= 15 is 0 Å². The smallest absolute Gasteiger partial charge is 0.276 e. The molecule has 0 radical (unpaired) electrons. The van der Waals surface area contributed by atoms with Gasteiger partial charge in [0.15, 0.2) is 6.61 Å². The van der Waals surface area contributed by atoms with Gasteiger partial charge in [-0.2, -0.15) is 4.31 Å². The quantitative estimate of drug-likeness (QED) is 0.637. The van der Waals surface area contributed by atoms with E-state index in [1.807, 2.05) is 6.92 Å². The summed E-state index contributed by atoms with van der Waals surface area (Å²) in [5, 5.41) is 0.603. The Hall–Kier alpha value is -2.62. The second-order valence-corrected chi connectivity index (χ2v) is 9.57. The Bertz CT molecular complexity index is 1040. The number of amides is 2. The molecule has 31 heavy (non-hydrogen) atoms. The van der Waals surface area contributed by atoms with Gasteiger partial charge in [-0.3, -0.25) is 20.4 Å². The normalized spacial score (nSPS) is 15.3. The number of aryl methyl sites for hydroxylation is 1. The number of hydrazine groups is 1. The summed E-state index contributed by atoms with van der Waals surface area (Å²) in [7, 11) is -3.57. The molecule has 1 aliphatic rings. The molecule has 2 aromatic carbocycles. The molecule has 0 aromatic heterocycles. The molecular weight excluding hydrogens is 442 g/mol.